The summed E-state index contributed by atoms with van der Waals surface area (Å²) in [4.78, 5) is 11.7. The number of hydrogen-bond acceptors (Lipinski definition) is 2. The van der Waals surface area contributed by atoms with Gasteiger partial charge in [0.15, 0.2) is 0 Å². The van der Waals surface area contributed by atoms with Crippen LogP contribution in [0.2, 0.25) is 0 Å². The van der Waals surface area contributed by atoms with E-state index >= 15 is 0 Å². The molecule has 0 radical (unpaired) electrons. The molecule has 0 aliphatic heterocycles. The zero-order valence-corrected chi connectivity index (χ0v) is 10.4. The Labute approximate surface area is 101 Å². The first-order chi connectivity index (χ1) is 8.16. The molecule has 0 amide bonds. The average Bonchev–Trinajstić information content (AvgIpc) is 2.28. The highest BCUT2D eigenvalue weighted by molar-refractivity contribution is 5.81. The predicted octanol–water partition coefficient (Wildman–Crippen LogP) is 3.77. The van der Waals surface area contributed by atoms with Crippen molar-refractivity contribution in [1.29, 1.82) is 0 Å². The third-order valence-electron chi connectivity index (χ3n) is 2.93. The lowest BCUT2D eigenvalue weighted by Crippen LogP contribution is -2.02. The highest BCUT2D eigenvalue weighted by Crippen LogP contribution is 2.14. The molecule has 1 heterocycles. The smallest absolute Gasteiger partial charge is 0.343 e. The highest BCUT2D eigenvalue weighted by Gasteiger charge is 2.04. The summed E-state index contributed by atoms with van der Waals surface area (Å²) < 4.78 is 5.32. The van der Waals surface area contributed by atoms with Crippen molar-refractivity contribution in [3.8, 4) is 0 Å². The molecule has 2 aromatic rings. The lowest BCUT2D eigenvalue weighted by Gasteiger charge is -2.04. The highest BCUT2D eigenvalue weighted by atomic mass is 16.4. The third kappa shape index (κ3) is 2.96. The molecule has 0 spiro atoms. The maximum atomic E-state index is 11.7. The van der Waals surface area contributed by atoms with Crippen molar-refractivity contribution in [2.24, 2.45) is 5.92 Å². The molecule has 0 atom stereocenters. The van der Waals surface area contributed by atoms with E-state index in [1.807, 2.05) is 24.3 Å². The Bertz CT molecular complexity index is 552. The number of benzene rings is 1. The molecule has 2 rings (SSSR count). The number of rotatable bonds is 4. The minimum atomic E-state index is -0.220. The summed E-state index contributed by atoms with van der Waals surface area (Å²) in [5.74, 6) is 1.50. The maximum absolute atomic E-state index is 11.7. The van der Waals surface area contributed by atoms with Crippen LogP contribution in [-0.2, 0) is 6.42 Å². The van der Waals surface area contributed by atoms with Gasteiger partial charge < -0.3 is 4.42 Å². The van der Waals surface area contributed by atoms with Crippen LogP contribution >= 0.6 is 0 Å². The molecule has 0 unspecified atom stereocenters. The zero-order valence-electron chi connectivity index (χ0n) is 10.4. The molecule has 90 valence electrons. The molecule has 1 aromatic heterocycles. The van der Waals surface area contributed by atoms with E-state index < -0.39 is 0 Å². The first kappa shape index (κ1) is 11.9. The average molecular weight is 230 g/mol. The normalized spacial score (nSPS) is 11.2. The molecular formula is C15H18O2. The maximum Gasteiger partial charge on any atom is 0.343 e. The molecule has 0 aliphatic carbocycles. The van der Waals surface area contributed by atoms with E-state index in [0.29, 0.717) is 11.3 Å². The Morgan fingerprint density at radius 1 is 1.24 bits per heavy atom. The van der Waals surface area contributed by atoms with Gasteiger partial charge in [-0.1, -0.05) is 38.5 Å². The molecule has 0 saturated carbocycles. The first-order valence-corrected chi connectivity index (χ1v) is 6.18. The van der Waals surface area contributed by atoms with Gasteiger partial charge in [-0.2, -0.15) is 0 Å². The van der Waals surface area contributed by atoms with Gasteiger partial charge in [-0.15, -0.1) is 0 Å². The van der Waals surface area contributed by atoms with E-state index in [9.17, 15) is 4.79 Å². The summed E-state index contributed by atoms with van der Waals surface area (Å²) in [5.41, 5.74) is -0.220. The summed E-state index contributed by atoms with van der Waals surface area (Å²) in [6.07, 6.45) is 3.08. The largest absolute Gasteiger partial charge is 0.427 e. The van der Waals surface area contributed by atoms with Crippen LogP contribution in [0.25, 0.3) is 10.8 Å². The van der Waals surface area contributed by atoms with Crippen molar-refractivity contribution in [3.05, 3.63) is 46.5 Å². The fraction of sp³-hybridized carbons (Fsp3) is 0.400. The van der Waals surface area contributed by atoms with Gasteiger partial charge in [0.2, 0.25) is 0 Å². The quantitative estimate of drug-likeness (QED) is 0.800. The van der Waals surface area contributed by atoms with E-state index in [-0.39, 0.29) is 5.63 Å². The second-order valence-corrected chi connectivity index (χ2v) is 4.87. The lowest BCUT2D eigenvalue weighted by molar-refractivity contribution is 0.447. The minimum absolute atomic E-state index is 0.220. The Morgan fingerprint density at radius 2 is 2.00 bits per heavy atom. The molecule has 0 saturated heterocycles. The third-order valence-corrected chi connectivity index (χ3v) is 2.93. The number of aryl methyl sites for hydroxylation is 1. The second-order valence-electron chi connectivity index (χ2n) is 4.87. The molecule has 0 N–H and O–H groups in total. The number of fused-ring (bicyclic) bond motifs is 1. The second kappa shape index (κ2) is 5.17. The van der Waals surface area contributed by atoms with Crippen LogP contribution in [0.3, 0.4) is 0 Å². The molecular weight excluding hydrogens is 212 g/mol. The lowest BCUT2D eigenvalue weighted by atomic mass is 10.0. The van der Waals surface area contributed by atoms with Gasteiger partial charge in [0.25, 0.3) is 0 Å². The van der Waals surface area contributed by atoms with Gasteiger partial charge in [0, 0.05) is 6.42 Å². The van der Waals surface area contributed by atoms with Gasteiger partial charge in [0.05, 0.1) is 5.39 Å². The zero-order chi connectivity index (χ0) is 12.3. The Kier molecular flexibility index (Phi) is 3.62. The van der Waals surface area contributed by atoms with Crippen molar-refractivity contribution in [2.75, 3.05) is 0 Å². The van der Waals surface area contributed by atoms with Crippen molar-refractivity contribution in [3.63, 3.8) is 0 Å². The minimum Gasteiger partial charge on any atom is -0.427 e. The van der Waals surface area contributed by atoms with Crippen molar-refractivity contribution in [1.82, 2.24) is 0 Å². The van der Waals surface area contributed by atoms with E-state index in [1.165, 1.54) is 0 Å². The molecule has 17 heavy (non-hydrogen) atoms. The summed E-state index contributed by atoms with van der Waals surface area (Å²) in [6, 6.07) is 9.55. The van der Waals surface area contributed by atoms with Crippen LogP contribution in [0.1, 0.15) is 32.4 Å². The van der Waals surface area contributed by atoms with Crippen LogP contribution < -0.4 is 5.63 Å². The van der Waals surface area contributed by atoms with Gasteiger partial charge in [-0.25, -0.2) is 4.79 Å². The molecule has 2 heteroatoms. The summed E-state index contributed by atoms with van der Waals surface area (Å²) in [5, 5.41) is 1.64. The molecule has 0 fully saturated rings. The van der Waals surface area contributed by atoms with E-state index in [4.69, 9.17) is 4.42 Å². The topological polar surface area (TPSA) is 30.2 Å². The van der Waals surface area contributed by atoms with Crippen LogP contribution in [-0.4, -0.2) is 0 Å². The standard InChI is InChI=1S/C15H18O2/c1-11(2)6-5-8-13-10-12-7-3-4-9-14(12)15(16)17-13/h3-4,7,9-11H,5-6,8H2,1-2H3. The van der Waals surface area contributed by atoms with E-state index in [1.54, 1.807) is 6.07 Å². The van der Waals surface area contributed by atoms with Gasteiger partial charge >= 0.3 is 5.63 Å². The van der Waals surface area contributed by atoms with Crippen molar-refractivity contribution >= 4 is 10.8 Å². The Hall–Kier alpha value is -1.57. The van der Waals surface area contributed by atoms with Gasteiger partial charge in [-0.05, 0) is 29.9 Å². The van der Waals surface area contributed by atoms with E-state index in [2.05, 4.69) is 13.8 Å². The van der Waals surface area contributed by atoms with Crippen LogP contribution in [0.4, 0.5) is 0 Å². The fourth-order valence-electron chi connectivity index (χ4n) is 1.99. The molecule has 1 aromatic carbocycles. The summed E-state index contributed by atoms with van der Waals surface area (Å²) in [7, 11) is 0. The molecule has 2 nitrogen and oxygen atoms in total. The van der Waals surface area contributed by atoms with Crippen LogP contribution in [0, 0.1) is 5.92 Å². The molecule has 0 bridgehead atoms. The van der Waals surface area contributed by atoms with Crippen molar-refractivity contribution < 1.29 is 4.42 Å². The molecule has 0 aliphatic rings. The fourth-order valence-corrected chi connectivity index (χ4v) is 1.99. The van der Waals surface area contributed by atoms with E-state index in [0.717, 1.165) is 30.4 Å². The monoisotopic (exact) mass is 230 g/mol. The predicted molar refractivity (Wildman–Crippen MR) is 70.3 cm³/mol. The summed E-state index contributed by atoms with van der Waals surface area (Å²) in [6.45, 7) is 4.41. The van der Waals surface area contributed by atoms with Crippen LogP contribution in [0.5, 0.6) is 0 Å². The van der Waals surface area contributed by atoms with Crippen molar-refractivity contribution in [2.45, 2.75) is 33.1 Å². The Balaban J connectivity index is 2.22. The first-order valence-electron chi connectivity index (χ1n) is 6.18. The SMILES string of the molecule is CC(C)CCCc1cc2ccccc2c(=O)o1. The summed E-state index contributed by atoms with van der Waals surface area (Å²) >= 11 is 0. The van der Waals surface area contributed by atoms with Crippen LogP contribution in [0.15, 0.2) is 39.5 Å². The van der Waals surface area contributed by atoms with Gasteiger partial charge in [0.1, 0.15) is 5.76 Å². The van der Waals surface area contributed by atoms with Gasteiger partial charge in [-0.3, -0.25) is 0 Å². The number of hydrogen-bond donors (Lipinski definition) is 0. The Morgan fingerprint density at radius 3 is 2.76 bits per heavy atom.